The molecule has 0 radical (unpaired) electrons. The largest absolute Gasteiger partial charge is 0.320 e. The van der Waals surface area contributed by atoms with Gasteiger partial charge in [-0.1, -0.05) is 164 Å². The van der Waals surface area contributed by atoms with Gasteiger partial charge in [0.1, 0.15) is 6.07 Å². The van der Waals surface area contributed by atoms with Gasteiger partial charge in [-0.25, -0.2) is 4.85 Å². The minimum Gasteiger partial charge on any atom is -0.320 e. The molecule has 0 saturated carbocycles. The van der Waals surface area contributed by atoms with Crippen molar-refractivity contribution in [2.75, 3.05) is 9.80 Å². The summed E-state index contributed by atoms with van der Waals surface area (Å²) in [7, 11) is 0. The predicted octanol–water partition coefficient (Wildman–Crippen LogP) is 18.7. The lowest BCUT2D eigenvalue weighted by atomic mass is 9.89. The van der Waals surface area contributed by atoms with Gasteiger partial charge < -0.3 is 18.6 Å². The Morgan fingerprint density at radius 1 is 0.365 bits per heavy atom. The summed E-state index contributed by atoms with van der Waals surface area (Å²) in [5, 5.41) is 19.8. The zero-order chi connectivity index (χ0) is 49.0. The maximum absolute atomic E-state index is 10.4. The number of fused-ring (bicyclic) bond motifs is 12. The van der Waals surface area contributed by atoms with E-state index < -0.39 is 0 Å². The van der Waals surface area contributed by atoms with Crippen LogP contribution in [0.3, 0.4) is 0 Å². The molecule has 15 rings (SSSR count). The number of anilines is 6. The standard InChI is InChI=1S/C68H40N6/c1-70-56-33-15-17-35-60(56)72(47-27-12-5-13-28-47)49-37-39-59-55(41-49)51-30-19-32-53-64-61(43-20-6-2-7-21-43)67-63(62(44-22-8-3-9-23-44)68(64)74(59)66(51)53)52-31-18-29-50-54-40-48(36-38-58(54)73(67)65(50)52)71(46-25-10-4-11-26-46)57-34-16-14-24-45(57)42-69/h2-41H. The average Bonchev–Trinajstić information content (AvgIpc) is 4.23. The highest BCUT2D eigenvalue weighted by atomic mass is 15.2. The SMILES string of the molecule is [C-]#[N+]c1ccccc1N(c1ccccc1)c1ccc2c(c1)c1cccc3c4c(-c5ccccc5)c5c(c(-c6ccccc6)c4n2c13)c1cccc2c3cc(N(c4ccccc4)c4ccccc4C#N)ccc3n5c21. The van der Waals surface area contributed by atoms with Crippen LogP contribution in [-0.2, 0) is 0 Å². The zero-order valence-electron chi connectivity index (χ0n) is 39.8. The summed E-state index contributed by atoms with van der Waals surface area (Å²) in [6.07, 6.45) is 0. The van der Waals surface area contributed by atoms with Gasteiger partial charge >= 0.3 is 0 Å². The van der Waals surface area contributed by atoms with E-state index in [1.54, 1.807) is 0 Å². The number of para-hydroxylation sites is 7. The zero-order valence-corrected chi connectivity index (χ0v) is 39.8. The topological polar surface area (TPSA) is 43.5 Å². The number of nitriles is 1. The van der Waals surface area contributed by atoms with Gasteiger partial charge in [0.2, 0.25) is 5.69 Å². The van der Waals surface area contributed by atoms with Crippen molar-refractivity contribution >= 4 is 116 Å². The molecule has 0 spiro atoms. The summed E-state index contributed by atoms with van der Waals surface area (Å²) >= 11 is 0. The molecular weight excluding hydrogens is 901 g/mol. The minimum atomic E-state index is 0.593. The fourth-order valence-corrected chi connectivity index (χ4v) is 12.2. The van der Waals surface area contributed by atoms with Crippen LogP contribution in [0.4, 0.5) is 39.8 Å². The number of benzene rings is 11. The van der Waals surface area contributed by atoms with Crippen LogP contribution in [0, 0.1) is 17.9 Å². The van der Waals surface area contributed by atoms with E-state index in [0.29, 0.717) is 11.3 Å². The molecule has 0 aliphatic heterocycles. The van der Waals surface area contributed by atoms with Gasteiger partial charge in [-0.15, -0.1) is 0 Å². The van der Waals surface area contributed by atoms with Crippen molar-refractivity contribution in [2.24, 2.45) is 0 Å². The van der Waals surface area contributed by atoms with Crippen molar-refractivity contribution in [3.8, 4) is 28.3 Å². The maximum Gasteiger partial charge on any atom is 0.210 e. The van der Waals surface area contributed by atoms with Crippen LogP contribution in [0.2, 0.25) is 0 Å². The second-order valence-corrected chi connectivity index (χ2v) is 19.0. The molecule has 74 heavy (non-hydrogen) atoms. The average molecular weight is 941 g/mol. The molecule has 0 N–H and O–H groups in total. The molecule has 0 unspecified atom stereocenters. The van der Waals surface area contributed by atoms with E-state index in [1.807, 2.05) is 72.8 Å². The first kappa shape index (κ1) is 41.4. The normalized spacial score (nSPS) is 11.8. The first-order valence-corrected chi connectivity index (χ1v) is 24.9. The fraction of sp³-hybridized carbons (Fsp3) is 0. The highest BCUT2D eigenvalue weighted by Gasteiger charge is 2.31. The van der Waals surface area contributed by atoms with E-state index in [-0.39, 0.29) is 0 Å². The van der Waals surface area contributed by atoms with Crippen LogP contribution in [0.15, 0.2) is 243 Å². The van der Waals surface area contributed by atoms with Gasteiger partial charge in [0, 0.05) is 77.0 Å². The van der Waals surface area contributed by atoms with Crippen molar-refractivity contribution in [3.05, 3.63) is 260 Å². The molecule has 6 nitrogen and oxygen atoms in total. The molecule has 11 aromatic carbocycles. The first-order valence-electron chi connectivity index (χ1n) is 24.9. The highest BCUT2D eigenvalue weighted by molar-refractivity contribution is 6.38. The number of hydrogen-bond donors (Lipinski definition) is 0. The van der Waals surface area contributed by atoms with E-state index >= 15 is 0 Å². The van der Waals surface area contributed by atoms with E-state index in [9.17, 15) is 5.26 Å². The number of aromatic nitrogens is 2. The summed E-state index contributed by atoms with van der Waals surface area (Å²) in [6, 6.07) is 88.0. The van der Waals surface area contributed by atoms with Crippen LogP contribution in [0.25, 0.3) is 103 Å². The third-order valence-corrected chi connectivity index (χ3v) is 15.2. The van der Waals surface area contributed by atoms with Crippen LogP contribution in [0.5, 0.6) is 0 Å². The fourth-order valence-electron chi connectivity index (χ4n) is 12.2. The summed E-state index contributed by atoms with van der Waals surface area (Å²) in [5.74, 6) is 0. The van der Waals surface area contributed by atoms with Crippen molar-refractivity contribution in [3.63, 3.8) is 0 Å². The van der Waals surface area contributed by atoms with E-state index in [0.717, 1.165) is 67.1 Å². The van der Waals surface area contributed by atoms with Crippen LogP contribution >= 0.6 is 0 Å². The van der Waals surface area contributed by atoms with Crippen molar-refractivity contribution in [1.29, 1.82) is 5.26 Å². The van der Waals surface area contributed by atoms with E-state index in [4.69, 9.17) is 6.57 Å². The maximum atomic E-state index is 10.4. The lowest BCUT2D eigenvalue weighted by Crippen LogP contribution is -2.11. The molecule has 0 amide bonds. The Labute approximate surface area is 425 Å². The van der Waals surface area contributed by atoms with Crippen LogP contribution in [-0.4, -0.2) is 8.80 Å². The van der Waals surface area contributed by atoms with Gasteiger partial charge in [-0.05, 0) is 90.0 Å². The second-order valence-electron chi connectivity index (χ2n) is 19.0. The molecule has 0 atom stereocenters. The minimum absolute atomic E-state index is 0.593. The molecule has 0 saturated heterocycles. The quantitative estimate of drug-likeness (QED) is 0.143. The number of rotatable bonds is 8. The monoisotopic (exact) mass is 940 g/mol. The van der Waals surface area contributed by atoms with Crippen LogP contribution < -0.4 is 9.80 Å². The molecule has 0 aliphatic carbocycles. The second kappa shape index (κ2) is 16.1. The number of nitrogens with zero attached hydrogens (tertiary/aromatic N) is 6. The molecule has 4 aromatic heterocycles. The highest BCUT2D eigenvalue weighted by Crippen LogP contribution is 2.55. The molecule has 0 fully saturated rings. The molecule has 6 heteroatoms. The molecule has 0 bridgehead atoms. The predicted molar refractivity (Wildman–Crippen MR) is 307 cm³/mol. The Kier molecular flexibility index (Phi) is 8.99. The summed E-state index contributed by atoms with van der Waals surface area (Å²) in [5.41, 5.74) is 18.4. The van der Waals surface area contributed by atoms with Crippen LogP contribution in [0.1, 0.15) is 5.56 Å². The third-order valence-electron chi connectivity index (χ3n) is 15.2. The van der Waals surface area contributed by atoms with Gasteiger partial charge in [0.15, 0.2) is 0 Å². The van der Waals surface area contributed by atoms with Gasteiger partial charge in [-0.3, -0.25) is 0 Å². The lowest BCUT2D eigenvalue weighted by Gasteiger charge is -2.26. The van der Waals surface area contributed by atoms with Crippen molar-refractivity contribution < 1.29 is 0 Å². The smallest absolute Gasteiger partial charge is 0.210 e. The van der Waals surface area contributed by atoms with E-state index in [1.165, 1.54) is 65.5 Å². The Hall–Kier alpha value is -10.4. The summed E-state index contributed by atoms with van der Waals surface area (Å²) in [6.45, 7) is 8.16. The molecule has 0 aliphatic rings. The van der Waals surface area contributed by atoms with Gasteiger partial charge in [-0.2, -0.15) is 5.26 Å². The van der Waals surface area contributed by atoms with Gasteiger partial charge in [0.25, 0.3) is 0 Å². The Morgan fingerprint density at radius 2 is 0.784 bits per heavy atom. The molecule has 342 valence electrons. The Balaban J connectivity index is 1.08. The molecule has 15 aromatic rings. The third kappa shape index (κ3) is 5.79. The molecule has 4 heterocycles. The first-order chi connectivity index (χ1) is 36.7. The van der Waals surface area contributed by atoms with Gasteiger partial charge in [0.05, 0.1) is 56.6 Å². The van der Waals surface area contributed by atoms with Crippen molar-refractivity contribution in [2.45, 2.75) is 0 Å². The Bertz CT molecular complexity index is 4490. The lowest BCUT2D eigenvalue weighted by molar-refractivity contribution is 1.27. The summed E-state index contributed by atoms with van der Waals surface area (Å²) < 4.78 is 5.09. The Morgan fingerprint density at radius 3 is 1.27 bits per heavy atom. The van der Waals surface area contributed by atoms with E-state index in [2.05, 4.69) is 199 Å². The summed E-state index contributed by atoms with van der Waals surface area (Å²) in [4.78, 5) is 8.39. The molecular formula is C68H40N6. The van der Waals surface area contributed by atoms with Crippen molar-refractivity contribution in [1.82, 2.24) is 8.80 Å². The number of hydrogen-bond acceptors (Lipinski definition) is 3.